The molecule has 2 aromatic carbocycles. The molecule has 3 rings (SSSR count). The maximum Gasteiger partial charge on any atom is 0.306 e. The smallest absolute Gasteiger partial charge is 0.306 e. The third-order valence-corrected chi connectivity index (χ3v) is 3.70. The monoisotopic (exact) mass is 368 g/mol. The fourth-order valence-corrected chi connectivity index (χ4v) is 2.30. The SMILES string of the molecule is COc1ccc(OCCCC(=O)OCc2nnc(-c3ccccc3)o2)cc1. The summed E-state index contributed by atoms with van der Waals surface area (Å²) < 4.78 is 21.3. The summed E-state index contributed by atoms with van der Waals surface area (Å²) in [5.41, 5.74) is 0.818. The molecule has 0 aliphatic carbocycles. The lowest BCUT2D eigenvalue weighted by molar-refractivity contribution is -0.145. The van der Waals surface area contributed by atoms with Crippen LogP contribution in [0.15, 0.2) is 59.0 Å². The summed E-state index contributed by atoms with van der Waals surface area (Å²) >= 11 is 0. The largest absolute Gasteiger partial charge is 0.497 e. The highest BCUT2D eigenvalue weighted by molar-refractivity contribution is 5.69. The molecule has 7 nitrogen and oxygen atoms in total. The number of hydrogen-bond acceptors (Lipinski definition) is 7. The zero-order chi connectivity index (χ0) is 18.9. The normalized spacial score (nSPS) is 10.4. The molecule has 0 atom stereocenters. The molecule has 0 bridgehead atoms. The Morgan fingerprint density at radius 3 is 2.48 bits per heavy atom. The number of benzene rings is 2. The van der Waals surface area contributed by atoms with Crippen molar-refractivity contribution in [2.75, 3.05) is 13.7 Å². The van der Waals surface area contributed by atoms with Crippen LogP contribution in [-0.2, 0) is 16.1 Å². The topological polar surface area (TPSA) is 83.7 Å². The predicted octanol–water partition coefficient (Wildman–Crippen LogP) is 3.65. The predicted molar refractivity (Wildman–Crippen MR) is 97.3 cm³/mol. The second kappa shape index (κ2) is 9.38. The van der Waals surface area contributed by atoms with Crippen LogP contribution in [0.5, 0.6) is 11.5 Å². The van der Waals surface area contributed by atoms with E-state index in [0.29, 0.717) is 18.9 Å². The molecule has 0 spiro atoms. The molecule has 0 N–H and O–H groups in total. The standard InChI is InChI=1S/C20H20N2O5/c1-24-16-9-11-17(12-10-16)25-13-5-8-19(23)26-14-18-21-22-20(27-18)15-6-3-2-4-7-15/h2-4,6-7,9-12H,5,8,13-14H2,1H3. The number of hydrogen-bond donors (Lipinski definition) is 0. The van der Waals surface area contributed by atoms with Gasteiger partial charge in [-0.25, -0.2) is 0 Å². The van der Waals surface area contributed by atoms with Crippen LogP contribution in [0.25, 0.3) is 11.5 Å². The molecule has 1 aromatic heterocycles. The van der Waals surface area contributed by atoms with E-state index >= 15 is 0 Å². The van der Waals surface area contributed by atoms with Gasteiger partial charge >= 0.3 is 5.97 Å². The Labute approximate surface area is 156 Å². The van der Waals surface area contributed by atoms with Gasteiger partial charge in [-0.3, -0.25) is 4.79 Å². The van der Waals surface area contributed by atoms with Gasteiger partial charge in [0, 0.05) is 12.0 Å². The van der Waals surface area contributed by atoms with Gasteiger partial charge < -0.3 is 18.6 Å². The molecule has 0 aliphatic heterocycles. The van der Waals surface area contributed by atoms with Gasteiger partial charge in [-0.15, -0.1) is 10.2 Å². The Morgan fingerprint density at radius 2 is 1.74 bits per heavy atom. The average Bonchev–Trinajstić information content (AvgIpc) is 3.20. The fraction of sp³-hybridized carbons (Fsp3) is 0.250. The van der Waals surface area contributed by atoms with Crippen molar-refractivity contribution in [3.8, 4) is 23.0 Å². The second-order valence-corrected chi connectivity index (χ2v) is 5.66. The zero-order valence-corrected chi connectivity index (χ0v) is 15.0. The van der Waals surface area contributed by atoms with Crippen molar-refractivity contribution in [1.29, 1.82) is 0 Å². The first-order valence-corrected chi connectivity index (χ1v) is 8.55. The minimum atomic E-state index is -0.340. The summed E-state index contributed by atoms with van der Waals surface area (Å²) in [6, 6.07) is 16.7. The molecule has 0 amide bonds. The Morgan fingerprint density at radius 1 is 1.00 bits per heavy atom. The number of rotatable bonds is 9. The second-order valence-electron chi connectivity index (χ2n) is 5.66. The van der Waals surface area contributed by atoms with Crippen molar-refractivity contribution in [2.45, 2.75) is 19.4 Å². The molecule has 1 heterocycles. The van der Waals surface area contributed by atoms with Gasteiger partial charge in [-0.2, -0.15) is 0 Å². The van der Waals surface area contributed by atoms with Gasteiger partial charge in [-0.1, -0.05) is 18.2 Å². The van der Waals surface area contributed by atoms with Crippen LogP contribution in [0.4, 0.5) is 0 Å². The lowest BCUT2D eigenvalue weighted by atomic mass is 10.2. The van der Waals surface area contributed by atoms with E-state index in [2.05, 4.69) is 10.2 Å². The quantitative estimate of drug-likeness (QED) is 0.421. The van der Waals surface area contributed by atoms with Gasteiger partial charge in [0.05, 0.1) is 13.7 Å². The van der Waals surface area contributed by atoms with Crippen LogP contribution in [0.3, 0.4) is 0 Å². The van der Waals surface area contributed by atoms with Gasteiger partial charge in [0.15, 0.2) is 6.61 Å². The maximum absolute atomic E-state index is 11.8. The number of nitrogens with zero attached hydrogens (tertiary/aromatic N) is 2. The maximum atomic E-state index is 11.8. The van der Waals surface area contributed by atoms with E-state index in [1.54, 1.807) is 7.11 Å². The summed E-state index contributed by atoms with van der Waals surface area (Å²) in [7, 11) is 1.61. The molecule has 0 radical (unpaired) electrons. The van der Waals surface area contributed by atoms with Gasteiger partial charge in [-0.05, 0) is 42.8 Å². The Balaban J connectivity index is 1.35. The number of carbonyl (C=O) groups excluding carboxylic acids is 1. The van der Waals surface area contributed by atoms with Crippen LogP contribution < -0.4 is 9.47 Å². The van der Waals surface area contributed by atoms with Crippen molar-refractivity contribution in [3.05, 3.63) is 60.5 Å². The molecule has 3 aromatic rings. The Hall–Kier alpha value is -3.35. The summed E-state index contributed by atoms with van der Waals surface area (Å²) in [5.74, 6) is 1.81. The van der Waals surface area contributed by atoms with Crippen LogP contribution in [0.1, 0.15) is 18.7 Å². The lowest BCUT2D eigenvalue weighted by Crippen LogP contribution is -2.07. The summed E-state index contributed by atoms with van der Waals surface area (Å²) in [4.78, 5) is 11.8. The molecule has 0 saturated carbocycles. The summed E-state index contributed by atoms with van der Waals surface area (Å²) in [6.45, 7) is 0.373. The third-order valence-electron chi connectivity index (χ3n) is 3.70. The van der Waals surface area contributed by atoms with Crippen LogP contribution in [0, 0.1) is 0 Å². The van der Waals surface area contributed by atoms with Crippen LogP contribution >= 0.6 is 0 Å². The average molecular weight is 368 g/mol. The number of aromatic nitrogens is 2. The first kappa shape index (κ1) is 18.4. The highest BCUT2D eigenvalue weighted by Gasteiger charge is 2.10. The third kappa shape index (κ3) is 5.57. The molecule has 0 saturated heterocycles. The highest BCUT2D eigenvalue weighted by Crippen LogP contribution is 2.18. The van der Waals surface area contributed by atoms with Crippen LogP contribution in [-0.4, -0.2) is 29.9 Å². The first-order valence-electron chi connectivity index (χ1n) is 8.55. The molecular weight excluding hydrogens is 348 g/mol. The lowest BCUT2D eigenvalue weighted by Gasteiger charge is -2.07. The number of carbonyl (C=O) groups is 1. The van der Waals surface area contributed by atoms with Crippen molar-refractivity contribution < 1.29 is 23.4 Å². The molecular formula is C20H20N2O5. The van der Waals surface area contributed by atoms with Gasteiger partial charge in [0.25, 0.3) is 5.89 Å². The highest BCUT2D eigenvalue weighted by atomic mass is 16.5. The van der Waals surface area contributed by atoms with E-state index < -0.39 is 0 Å². The molecule has 0 aliphatic rings. The number of ether oxygens (including phenoxy) is 3. The van der Waals surface area contributed by atoms with Gasteiger partial charge in [0.2, 0.25) is 5.89 Å². The molecule has 27 heavy (non-hydrogen) atoms. The Kier molecular flexibility index (Phi) is 6.40. The van der Waals surface area contributed by atoms with E-state index in [4.69, 9.17) is 18.6 Å². The molecule has 0 unspecified atom stereocenters. The van der Waals surface area contributed by atoms with E-state index in [0.717, 1.165) is 17.1 Å². The summed E-state index contributed by atoms with van der Waals surface area (Å²) in [5, 5.41) is 7.83. The van der Waals surface area contributed by atoms with Crippen molar-refractivity contribution in [3.63, 3.8) is 0 Å². The fourth-order valence-electron chi connectivity index (χ4n) is 2.30. The number of esters is 1. The van der Waals surface area contributed by atoms with E-state index in [1.807, 2.05) is 54.6 Å². The van der Waals surface area contributed by atoms with Gasteiger partial charge in [0.1, 0.15) is 11.5 Å². The number of methoxy groups -OCH3 is 1. The molecule has 0 fully saturated rings. The first-order chi connectivity index (χ1) is 13.2. The minimum absolute atomic E-state index is 0.0436. The zero-order valence-electron chi connectivity index (χ0n) is 15.0. The molecule has 7 heteroatoms. The van der Waals surface area contributed by atoms with E-state index in [9.17, 15) is 4.79 Å². The Bertz CT molecular complexity index is 846. The van der Waals surface area contributed by atoms with Crippen molar-refractivity contribution in [2.24, 2.45) is 0 Å². The molecule has 140 valence electrons. The van der Waals surface area contributed by atoms with E-state index in [-0.39, 0.29) is 24.9 Å². The summed E-state index contributed by atoms with van der Waals surface area (Å²) in [6.07, 6.45) is 0.791. The minimum Gasteiger partial charge on any atom is -0.497 e. The van der Waals surface area contributed by atoms with Crippen LogP contribution in [0.2, 0.25) is 0 Å². The van der Waals surface area contributed by atoms with Crippen molar-refractivity contribution in [1.82, 2.24) is 10.2 Å². The van der Waals surface area contributed by atoms with Crippen molar-refractivity contribution >= 4 is 5.97 Å². The van der Waals surface area contributed by atoms with E-state index in [1.165, 1.54) is 0 Å².